The highest BCUT2D eigenvalue weighted by molar-refractivity contribution is 5.93. The van der Waals surface area contributed by atoms with E-state index in [4.69, 9.17) is 10.2 Å². The van der Waals surface area contributed by atoms with Crippen molar-refractivity contribution in [2.24, 2.45) is 11.8 Å². The minimum atomic E-state index is -0.809. The van der Waals surface area contributed by atoms with Gasteiger partial charge in [0.05, 0.1) is 5.92 Å². The van der Waals surface area contributed by atoms with Crippen molar-refractivity contribution < 1.29 is 19.8 Å². The van der Waals surface area contributed by atoms with E-state index in [-0.39, 0.29) is 18.4 Å². The summed E-state index contributed by atoms with van der Waals surface area (Å²) in [6.45, 7) is 0.148. The van der Waals surface area contributed by atoms with E-state index in [1.807, 2.05) is 24.3 Å². The number of carboxylic acids is 1. The van der Waals surface area contributed by atoms with Crippen LogP contribution in [-0.4, -0.2) is 28.7 Å². The van der Waals surface area contributed by atoms with Crippen LogP contribution in [0.5, 0.6) is 0 Å². The molecule has 5 nitrogen and oxygen atoms in total. The van der Waals surface area contributed by atoms with Gasteiger partial charge in [-0.15, -0.1) is 0 Å². The van der Waals surface area contributed by atoms with Crippen LogP contribution in [0.4, 0.5) is 5.69 Å². The highest BCUT2D eigenvalue weighted by Gasteiger charge is 2.33. The van der Waals surface area contributed by atoms with Crippen LogP contribution in [0.2, 0.25) is 0 Å². The maximum Gasteiger partial charge on any atom is 0.306 e. The minimum Gasteiger partial charge on any atom is -0.481 e. The van der Waals surface area contributed by atoms with Gasteiger partial charge in [-0.2, -0.15) is 0 Å². The first-order valence-corrected chi connectivity index (χ1v) is 7.33. The molecule has 0 saturated heterocycles. The first-order chi connectivity index (χ1) is 10.1. The topological polar surface area (TPSA) is 86.6 Å². The number of nitrogens with one attached hydrogen (secondary N) is 1. The minimum absolute atomic E-state index is 0.0990. The lowest BCUT2D eigenvalue weighted by molar-refractivity contribution is -0.141. The third kappa shape index (κ3) is 4.29. The molecule has 1 aliphatic carbocycles. The maximum absolute atomic E-state index is 12.2. The van der Waals surface area contributed by atoms with E-state index in [1.165, 1.54) is 0 Å². The Balaban J connectivity index is 1.92. The standard InChI is InChI=1S/C16H21NO4/c18-8-2-4-11-3-1-5-14(9-11)17-15(19)12-6-7-13(10-12)16(20)21/h1,3,5,9,12-13,18H,2,4,6-8,10H2,(H,17,19)(H,20,21)/t12-,13+/m1/s1. The third-order valence-electron chi connectivity index (χ3n) is 3.97. The molecular weight excluding hydrogens is 270 g/mol. The van der Waals surface area contributed by atoms with Gasteiger partial charge < -0.3 is 15.5 Å². The lowest BCUT2D eigenvalue weighted by Gasteiger charge is -2.11. The zero-order chi connectivity index (χ0) is 15.2. The van der Waals surface area contributed by atoms with Gasteiger partial charge in [0, 0.05) is 18.2 Å². The zero-order valence-corrected chi connectivity index (χ0v) is 11.9. The Kier molecular flexibility index (Phi) is 5.33. The smallest absolute Gasteiger partial charge is 0.306 e. The van der Waals surface area contributed by atoms with Crippen LogP contribution >= 0.6 is 0 Å². The average Bonchev–Trinajstić information content (AvgIpc) is 2.95. The molecule has 1 fully saturated rings. The quantitative estimate of drug-likeness (QED) is 0.748. The second kappa shape index (κ2) is 7.22. The number of carbonyl (C=O) groups is 2. The monoisotopic (exact) mass is 291 g/mol. The molecule has 0 heterocycles. The second-order valence-corrected chi connectivity index (χ2v) is 5.56. The van der Waals surface area contributed by atoms with E-state index >= 15 is 0 Å². The van der Waals surface area contributed by atoms with Crippen LogP contribution in [-0.2, 0) is 16.0 Å². The van der Waals surface area contributed by atoms with Gasteiger partial charge in [0.25, 0.3) is 0 Å². The number of benzene rings is 1. The Labute approximate surface area is 124 Å². The molecule has 0 spiro atoms. The predicted molar refractivity (Wildman–Crippen MR) is 78.9 cm³/mol. The highest BCUT2D eigenvalue weighted by atomic mass is 16.4. The molecule has 5 heteroatoms. The second-order valence-electron chi connectivity index (χ2n) is 5.56. The average molecular weight is 291 g/mol. The van der Waals surface area contributed by atoms with Crippen molar-refractivity contribution in [1.82, 2.24) is 0 Å². The van der Waals surface area contributed by atoms with E-state index in [9.17, 15) is 9.59 Å². The van der Waals surface area contributed by atoms with Crippen LogP contribution < -0.4 is 5.32 Å². The van der Waals surface area contributed by atoms with Crippen molar-refractivity contribution in [1.29, 1.82) is 0 Å². The number of hydrogen-bond acceptors (Lipinski definition) is 3. The maximum atomic E-state index is 12.2. The van der Waals surface area contributed by atoms with Gasteiger partial charge in [-0.1, -0.05) is 12.1 Å². The van der Waals surface area contributed by atoms with Crippen molar-refractivity contribution in [2.45, 2.75) is 32.1 Å². The van der Waals surface area contributed by atoms with Crippen molar-refractivity contribution >= 4 is 17.6 Å². The molecule has 3 N–H and O–H groups in total. The highest BCUT2D eigenvalue weighted by Crippen LogP contribution is 2.31. The number of aliphatic hydroxyl groups excluding tert-OH is 1. The van der Waals surface area contributed by atoms with Gasteiger partial charge in [0.2, 0.25) is 5.91 Å². The van der Waals surface area contributed by atoms with Crippen LogP contribution in [0, 0.1) is 11.8 Å². The molecule has 1 aliphatic rings. The molecular formula is C16H21NO4. The van der Waals surface area contributed by atoms with Gasteiger partial charge >= 0.3 is 5.97 Å². The van der Waals surface area contributed by atoms with Gasteiger partial charge in [-0.05, 0) is 49.8 Å². The third-order valence-corrected chi connectivity index (χ3v) is 3.97. The molecule has 1 saturated carbocycles. The molecule has 1 aromatic rings. The summed E-state index contributed by atoms with van der Waals surface area (Å²) in [4.78, 5) is 23.1. The molecule has 0 radical (unpaired) electrons. The van der Waals surface area contributed by atoms with Crippen LogP contribution in [0.15, 0.2) is 24.3 Å². The number of rotatable bonds is 6. The van der Waals surface area contributed by atoms with E-state index in [1.54, 1.807) is 0 Å². The van der Waals surface area contributed by atoms with Gasteiger partial charge in [0.1, 0.15) is 0 Å². The number of aryl methyl sites for hydroxylation is 1. The summed E-state index contributed by atoms with van der Waals surface area (Å²) in [5.41, 5.74) is 1.80. The Bertz CT molecular complexity index is 515. The SMILES string of the molecule is O=C(O)[C@H]1CC[C@@H](C(=O)Nc2cccc(CCCO)c2)C1. The fraction of sp³-hybridized carbons (Fsp3) is 0.500. The Morgan fingerprint density at radius 3 is 2.67 bits per heavy atom. The van der Waals surface area contributed by atoms with E-state index < -0.39 is 11.9 Å². The van der Waals surface area contributed by atoms with Crippen molar-refractivity contribution in [3.05, 3.63) is 29.8 Å². The number of aliphatic hydroxyl groups is 1. The molecule has 0 aromatic heterocycles. The van der Waals surface area contributed by atoms with Gasteiger partial charge in [0.15, 0.2) is 0 Å². The fourth-order valence-corrected chi connectivity index (χ4v) is 2.78. The number of hydrogen-bond donors (Lipinski definition) is 3. The van der Waals surface area contributed by atoms with Crippen molar-refractivity contribution in [2.75, 3.05) is 11.9 Å². The molecule has 2 atom stereocenters. The Morgan fingerprint density at radius 1 is 1.24 bits per heavy atom. The van der Waals surface area contributed by atoms with E-state index in [2.05, 4.69) is 5.32 Å². The number of amides is 1. The summed E-state index contributed by atoms with van der Waals surface area (Å²) in [5, 5.41) is 20.7. The molecule has 1 aromatic carbocycles. The lowest BCUT2D eigenvalue weighted by atomic mass is 10.0. The van der Waals surface area contributed by atoms with E-state index in [0.29, 0.717) is 25.7 Å². The lowest BCUT2D eigenvalue weighted by Crippen LogP contribution is -2.21. The number of aliphatic carboxylic acids is 1. The fourth-order valence-electron chi connectivity index (χ4n) is 2.78. The van der Waals surface area contributed by atoms with Crippen LogP contribution in [0.25, 0.3) is 0 Å². The molecule has 0 bridgehead atoms. The molecule has 1 amide bonds. The first kappa shape index (κ1) is 15.5. The number of carboxylic acid groups (broad SMARTS) is 1. The summed E-state index contributed by atoms with van der Waals surface area (Å²) < 4.78 is 0. The van der Waals surface area contributed by atoms with Gasteiger partial charge in [-0.25, -0.2) is 0 Å². The molecule has 114 valence electrons. The Hall–Kier alpha value is -1.88. The molecule has 2 rings (SSSR count). The van der Waals surface area contributed by atoms with Crippen molar-refractivity contribution in [3.8, 4) is 0 Å². The Morgan fingerprint density at radius 2 is 2.00 bits per heavy atom. The van der Waals surface area contributed by atoms with Gasteiger partial charge in [-0.3, -0.25) is 9.59 Å². The molecule has 0 aliphatic heterocycles. The number of carbonyl (C=O) groups excluding carboxylic acids is 1. The zero-order valence-electron chi connectivity index (χ0n) is 11.9. The predicted octanol–water partition coefficient (Wildman–Crippen LogP) is 2.05. The van der Waals surface area contributed by atoms with E-state index in [0.717, 1.165) is 17.7 Å². The largest absolute Gasteiger partial charge is 0.481 e. The summed E-state index contributed by atoms with van der Waals surface area (Å²) in [6, 6.07) is 7.56. The summed E-state index contributed by atoms with van der Waals surface area (Å²) >= 11 is 0. The molecule has 0 unspecified atom stereocenters. The first-order valence-electron chi connectivity index (χ1n) is 7.33. The summed E-state index contributed by atoms with van der Waals surface area (Å²) in [7, 11) is 0. The normalized spacial score (nSPS) is 21.2. The van der Waals surface area contributed by atoms with Crippen molar-refractivity contribution in [3.63, 3.8) is 0 Å². The van der Waals surface area contributed by atoms with Crippen LogP contribution in [0.3, 0.4) is 0 Å². The summed E-state index contributed by atoms with van der Waals surface area (Å²) in [5.74, 6) is -1.52. The summed E-state index contributed by atoms with van der Waals surface area (Å²) in [6.07, 6.45) is 3.09. The number of anilines is 1. The van der Waals surface area contributed by atoms with Crippen LogP contribution in [0.1, 0.15) is 31.2 Å². The molecule has 21 heavy (non-hydrogen) atoms.